The van der Waals surface area contributed by atoms with Crippen molar-refractivity contribution in [3.05, 3.63) is 35.2 Å². The molecule has 20 heavy (non-hydrogen) atoms. The van der Waals surface area contributed by atoms with Gasteiger partial charge in [0.15, 0.2) is 16.6 Å². The van der Waals surface area contributed by atoms with Gasteiger partial charge in [0.2, 0.25) is 0 Å². The van der Waals surface area contributed by atoms with Gasteiger partial charge >= 0.3 is 0 Å². The van der Waals surface area contributed by atoms with E-state index in [2.05, 4.69) is 15.3 Å². The van der Waals surface area contributed by atoms with E-state index in [4.69, 9.17) is 10.2 Å². The minimum absolute atomic E-state index is 0.521. The summed E-state index contributed by atoms with van der Waals surface area (Å²) in [5.41, 5.74) is 7.90. The van der Waals surface area contributed by atoms with Crippen LogP contribution in [0, 0.1) is 0 Å². The predicted octanol–water partition coefficient (Wildman–Crippen LogP) is 2.50. The normalized spacial score (nSPS) is 14.8. The Balaban J connectivity index is 1.60. The van der Waals surface area contributed by atoms with Crippen LogP contribution in [-0.4, -0.2) is 20.0 Å². The molecule has 0 aliphatic heterocycles. The van der Waals surface area contributed by atoms with Crippen LogP contribution in [0.5, 0.6) is 0 Å². The van der Waals surface area contributed by atoms with Crippen LogP contribution in [0.15, 0.2) is 28.2 Å². The number of rotatable bonds is 4. The Bertz CT molecular complexity index is 726. The number of nitrogens with zero attached hydrogens (tertiary/aromatic N) is 4. The van der Waals surface area contributed by atoms with Crippen molar-refractivity contribution in [2.75, 3.05) is 5.73 Å². The molecule has 0 saturated heterocycles. The summed E-state index contributed by atoms with van der Waals surface area (Å²) >= 11 is 1.57. The molecular weight excluding hydrogens is 274 g/mol. The van der Waals surface area contributed by atoms with Crippen molar-refractivity contribution in [2.24, 2.45) is 0 Å². The molecule has 1 aliphatic rings. The second-order valence-electron chi connectivity index (χ2n) is 4.91. The Morgan fingerprint density at radius 2 is 2.35 bits per heavy atom. The third-order valence-corrected chi connectivity index (χ3v) is 4.27. The van der Waals surface area contributed by atoms with Crippen LogP contribution in [0.4, 0.5) is 5.82 Å². The number of thiazole rings is 1. The maximum absolute atomic E-state index is 5.89. The van der Waals surface area contributed by atoms with Crippen LogP contribution in [0.25, 0.3) is 10.8 Å². The molecule has 102 valence electrons. The third kappa shape index (κ3) is 2.00. The Kier molecular flexibility index (Phi) is 2.59. The molecule has 1 saturated carbocycles. The van der Waals surface area contributed by atoms with Crippen molar-refractivity contribution in [1.29, 1.82) is 0 Å². The molecule has 0 radical (unpaired) electrons. The van der Waals surface area contributed by atoms with Gasteiger partial charge < -0.3 is 10.2 Å². The summed E-state index contributed by atoms with van der Waals surface area (Å²) in [5.74, 6) is 1.86. The van der Waals surface area contributed by atoms with Crippen molar-refractivity contribution < 1.29 is 4.42 Å². The highest BCUT2D eigenvalue weighted by Crippen LogP contribution is 2.42. The van der Waals surface area contributed by atoms with Crippen LogP contribution in [0.1, 0.15) is 30.1 Å². The quantitative estimate of drug-likeness (QED) is 0.797. The van der Waals surface area contributed by atoms with Crippen molar-refractivity contribution >= 4 is 17.2 Å². The van der Waals surface area contributed by atoms with E-state index in [1.807, 2.05) is 22.2 Å². The van der Waals surface area contributed by atoms with E-state index in [0.717, 1.165) is 22.2 Å². The molecule has 1 aliphatic carbocycles. The highest BCUT2D eigenvalue weighted by molar-refractivity contribution is 7.13. The molecular formula is C13H13N5OS. The molecule has 1 fully saturated rings. The molecule has 6 nitrogen and oxygen atoms in total. The van der Waals surface area contributed by atoms with Gasteiger partial charge in [0, 0.05) is 11.3 Å². The van der Waals surface area contributed by atoms with E-state index < -0.39 is 0 Å². The number of aromatic nitrogens is 4. The fraction of sp³-hybridized carbons (Fsp3) is 0.308. The van der Waals surface area contributed by atoms with Gasteiger partial charge in [0.1, 0.15) is 0 Å². The summed E-state index contributed by atoms with van der Waals surface area (Å²) < 4.78 is 7.22. The van der Waals surface area contributed by atoms with E-state index in [1.165, 1.54) is 12.8 Å². The van der Waals surface area contributed by atoms with Gasteiger partial charge in [-0.2, -0.15) is 0 Å². The summed E-state index contributed by atoms with van der Waals surface area (Å²) in [7, 11) is 0. The number of furan rings is 1. The zero-order valence-corrected chi connectivity index (χ0v) is 11.5. The van der Waals surface area contributed by atoms with Gasteiger partial charge in [-0.1, -0.05) is 5.21 Å². The lowest BCUT2D eigenvalue weighted by molar-refractivity contribution is 0.580. The van der Waals surface area contributed by atoms with Gasteiger partial charge in [-0.25, -0.2) is 9.67 Å². The lowest BCUT2D eigenvalue weighted by Crippen LogP contribution is -2.07. The maximum atomic E-state index is 5.89. The van der Waals surface area contributed by atoms with E-state index >= 15 is 0 Å². The van der Waals surface area contributed by atoms with Gasteiger partial charge in [0.05, 0.1) is 24.2 Å². The van der Waals surface area contributed by atoms with E-state index in [0.29, 0.717) is 18.3 Å². The van der Waals surface area contributed by atoms with Gasteiger partial charge in [-0.3, -0.25) is 0 Å². The van der Waals surface area contributed by atoms with Crippen LogP contribution >= 0.6 is 11.3 Å². The summed E-state index contributed by atoms with van der Waals surface area (Å²) in [4.78, 5) is 4.57. The average Bonchev–Trinajstić information content (AvgIpc) is 2.88. The highest BCUT2D eigenvalue weighted by Gasteiger charge is 2.30. The first-order valence-electron chi connectivity index (χ1n) is 6.48. The average molecular weight is 287 g/mol. The number of anilines is 1. The summed E-state index contributed by atoms with van der Waals surface area (Å²) in [6.07, 6.45) is 4.00. The van der Waals surface area contributed by atoms with Gasteiger partial charge in [-0.15, -0.1) is 16.4 Å². The number of hydrogen-bond donors (Lipinski definition) is 1. The molecule has 4 rings (SSSR count). The smallest absolute Gasteiger partial charge is 0.169 e. The van der Waals surface area contributed by atoms with Crippen LogP contribution in [-0.2, 0) is 6.54 Å². The van der Waals surface area contributed by atoms with Gasteiger partial charge in [0.25, 0.3) is 0 Å². The second kappa shape index (κ2) is 4.45. The largest absolute Gasteiger partial charge is 0.462 e. The van der Waals surface area contributed by atoms with E-state index in [-0.39, 0.29) is 0 Å². The third-order valence-electron chi connectivity index (χ3n) is 3.36. The molecule has 2 N–H and O–H groups in total. The van der Waals surface area contributed by atoms with Crippen molar-refractivity contribution in [1.82, 2.24) is 20.0 Å². The maximum Gasteiger partial charge on any atom is 0.169 e. The van der Waals surface area contributed by atoms with Crippen molar-refractivity contribution in [3.63, 3.8) is 0 Å². The summed E-state index contributed by atoms with van der Waals surface area (Å²) in [6, 6.07) is 3.77. The van der Waals surface area contributed by atoms with Crippen molar-refractivity contribution in [3.8, 4) is 10.8 Å². The first-order valence-corrected chi connectivity index (χ1v) is 7.36. The number of hydrogen-bond acceptors (Lipinski definition) is 6. The Morgan fingerprint density at radius 1 is 1.45 bits per heavy atom. The van der Waals surface area contributed by atoms with E-state index in [9.17, 15) is 0 Å². The van der Waals surface area contributed by atoms with Crippen LogP contribution < -0.4 is 5.73 Å². The molecule has 0 bridgehead atoms. The molecule has 0 spiro atoms. The first kappa shape index (κ1) is 11.7. The molecule has 0 amide bonds. The first-order chi connectivity index (χ1) is 9.81. The predicted molar refractivity (Wildman–Crippen MR) is 75.3 cm³/mol. The fourth-order valence-corrected chi connectivity index (χ4v) is 3.05. The molecule has 7 heteroatoms. The number of nitrogen functional groups attached to an aromatic ring is 1. The van der Waals surface area contributed by atoms with Crippen molar-refractivity contribution in [2.45, 2.75) is 25.3 Å². The fourth-order valence-electron chi connectivity index (χ4n) is 2.27. The zero-order chi connectivity index (χ0) is 13.5. The van der Waals surface area contributed by atoms with E-state index in [1.54, 1.807) is 17.6 Å². The monoisotopic (exact) mass is 287 g/mol. The van der Waals surface area contributed by atoms with Gasteiger partial charge in [-0.05, 0) is 25.0 Å². The molecule has 0 aromatic carbocycles. The SMILES string of the molecule is Nc1nnn(Cc2csc(-c3ccco3)n2)c1C1CC1. The van der Waals surface area contributed by atoms with Crippen LogP contribution in [0.2, 0.25) is 0 Å². The Hall–Kier alpha value is -2.15. The zero-order valence-electron chi connectivity index (χ0n) is 10.7. The Morgan fingerprint density at radius 3 is 3.10 bits per heavy atom. The molecule has 3 aromatic heterocycles. The lowest BCUT2D eigenvalue weighted by Gasteiger charge is -2.03. The highest BCUT2D eigenvalue weighted by atomic mass is 32.1. The minimum Gasteiger partial charge on any atom is -0.462 e. The topological polar surface area (TPSA) is 82.8 Å². The summed E-state index contributed by atoms with van der Waals surface area (Å²) in [6.45, 7) is 0.604. The second-order valence-corrected chi connectivity index (χ2v) is 5.77. The standard InChI is InChI=1S/C13H13N5OS/c14-12-11(8-3-4-8)18(17-16-12)6-9-7-20-13(15-9)10-2-1-5-19-10/h1-2,5,7-8H,3-4,6,14H2. The molecule has 3 heterocycles. The summed E-state index contributed by atoms with van der Waals surface area (Å²) in [5, 5.41) is 11.0. The minimum atomic E-state index is 0.521. The lowest BCUT2D eigenvalue weighted by atomic mass is 10.3. The Labute approximate surface area is 119 Å². The molecule has 0 unspecified atom stereocenters. The molecule has 0 atom stereocenters. The van der Waals surface area contributed by atoms with Crippen LogP contribution in [0.3, 0.4) is 0 Å². The molecule has 3 aromatic rings. The number of nitrogens with two attached hydrogens (primary N) is 1.